The van der Waals surface area contributed by atoms with Crippen LogP contribution in [0.1, 0.15) is 35.4 Å². The van der Waals surface area contributed by atoms with Gasteiger partial charge in [0.25, 0.3) is 5.69 Å². The molecule has 0 spiro atoms. The van der Waals surface area contributed by atoms with E-state index in [-0.39, 0.29) is 23.4 Å². The summed E-state index contributed by atoms with van der Waals surface area (Å²) in [4.78, 5) is 32.1. The minimum atomic E-state index is -1.53. The molecule has 114 valence electrons. The second-order valence-electron chi connectivity index (χ2n) is 4.21. The molecule has 0 saturated heterocycles. The number of nitro groups is 1. The van der Waals surface area contributed by atoms with Gasteiger partial charge >= 0.3 is 5.97 Å². The number of ether oxygens (including phenoxy) is 1. The smallest absolute Gasteiger partial charge is 0.308 e. The molecule has 2 atom stereocenters. The van der Waals surface area contributed by atoms with Gasteiger partial charge in [-0.2, -0.15) is 0 Å². The second kappa shape index (κ2) is 7.46. The quantitative estimate of drug-likeness (QED) is 0.329. The zero-order valence-electron chi connectivity index (χ0n) is 11.3. The molecule has 21 heavy (non-hydrogen) atoms. The van der Waals surface area contributed by atoms with Crippen LogP contribution in [0.5, 0.6) is 0 Å². The van der Waals surface area contributed by atoms with Gasteiger partial charge in [0.2, 0.25) is 0 Å². The van der Waals surface area contributed by atoms with Gasteiger partial charge in [0.15, 0.2) is 6.29 Å². The molecule has 0 aromatic heterocycles. The highest BCUT2D eigenvalue weighted by molar-refractivity contribution is 5.79. The van der Waals surface area contributed by atoms with Gasteiger partial charge in [-0.15, -0.1) is 0 Å². The van der Waals surface area contributed by atoms with Crippen molar-refractivity contribution >= 4 is 17.9 Å². The lowest BCUT2D eigenvalue weighted by Gasteiger charge is -2.18. The molecule has 1 aromatic rings. The van der Waals surface area contributed by atoms with Gasteiger partial charge in [-0.1, -0.05) is 0 Å². The lowest BCUT2D eigenvalue weighted by molar-refractivity contribution is -0.384. The maximum Gasteiger partial charge on any atom is 0.308 e. The first-order valence-electron chi connectivity index (χ1n) is 6.16. The number of nitrogens with zero attached hydrogens (tertiary/aromatic N) is 1. The molecule has 0 bridgehead atoms. The number of hydrogen-bond donors (Lipinski definition) is 2. The van der Waals surface area contributed by atoms with Crippen molar-refractivity contribution in [2.45, 2.75) is 25.6 Å². The number of esters is 1. The van der Waals surface area contributed by atoms with Crippen molar-refractivity contribution in [3.05, 3.63) is 39.4 Å². The molecule has 2 N–H and O–H groups in total. The standard InChI is InChI=1S/C13H15NO7/c1-2-21-12(17)6-11(16)13(18)10-4-3-9(14(19)20)5-8(10)7-15/h3-5,7,11,13,16,18H,2,6H2,1H3. The van der Waals surface area contributed by atoms with E-state index in [1.807, 2.05) is 0 Å². The molecule has 1 aromatic carbocycles. The van der Waals surface area contributed by atoms with E-state index >= 15 is 0 Å². The normalized spacial score (nSPS) is 13.3. The van der Waals surface area contributed by atoms with E-state index in [1.54, 1.807) is 6.92 Å². The number of carbonyl (C=O) groups is 2. The van der Waals surface area contributed by atoms with Crippen LogP contribution >= 0.6 is 0 Å². The number of carbonyl (C=O) groups excluding carboxylic acids is 2. The van der Waals surface area contributed by atoms with E-state index in [2.05, 4.69) is 4.74 Å². The van der Waals surface area contributed by atoms with Crippen molar-refractivity contribution < 1.29 is 29.5 Å². The van der Waals surface area contributed by atoms with Crippen LogP contribution in [0.25, 0.3) is 0 Å². The van der Waals surface area contributed by atoms with Crippen molar-refractivity contribution in [3.8, 4) is 0 Å². The third kappa shape index (κ3) is 4.33. The Morgan fingerprint density at radius 1 is 1.48 bits per heavy atom. The van der Waals surface area contributed by atoms with Gasteiger partial charge in [0.1, 0.15) is 6.10 Å². The van der Waals surface area contributed by atoms with Crippen molar-refractivity contribution in [1.29, 1.82) is 0 Å². The Kier molecular flexibility index (Phi) is 5.94. The lowest BCUT2D eigenvalue weighted by atomic mass is 9.97. The molecular weight excluding hydrogens is 282 g/mol. The number of non-ortho nitro benzene ring substituents is 1. The fourth-order valence-electron chi connectivity index (χ4n) is 1.76. The van der Waals surface area contributed by atoms with E-state index in [0.717, 1.165) is 12.1 Å². The zero-order chi connectivity index (χ0) is 16.0. The number of aldehydes is 1. The Morgan fingerprint density at radius 2 is 2.14 bits per heavy atom. The summed E-state index contributed by atoms with van der Waals surface area (Å²) in [5.74, 6) is -0.696. The molecule has 8 nitrogen and oxygen atoms in total. The monoisotopic (exact) mass is 297 g/mol. The van der Waals surface area contributed by atoms with Crippen LogP contribution in [0, 0.1) is 10.1 Å². The minimum Gasteiger partial charge on any atom is -0.466 e. The van der Waals surface area contributed by atoms with Gasteiger partial charge in [-0.25, -0.2) is 0 Å². The van der Waals surface area contributed by atoms with Gasteiger partial charge in [0, 0.05) is 17.7 Å². The Bertz CT molecular complexity index is 543. The molecule has 0 amide bonds. The Labute approximate surface area is 120 Å². The fourth-order valence-corrected chi connectivity index (χ4v) is 1.76. The van der Waals surface area contributed by atoms with E-state index < -0.39 is 29.5 Å². The molecule has 2 unspecified atom stereocenters. The van der Waals surface area contributed by atoms with Gasteiger partial charge in [-0.3, -0.25) is 19.7 Å². The fraction of sp³-hybridized carbons (Fsp3) is 0.385. The van der Waals surface area contributed by atoms with E-state index in [0.29, 0.717) is 6.29 Å². The van der Waals surface area contributed by atoms with Crippen LogP contribution in [-0.2, 0) is 9.53 Å². The summed E-state index contributed by atoms with van der Waals surface area (Å²) in [6.45, 7) is 1.74. The number of rotatable bonds is 7. The molecule has 0 radical (unpaired) electrons. The highest BCUT2D eigenvalue weighted by Gasteiger charge is 2.25. The average molecular weight is 297 g/mol. The molecule has 1 rings (SSSR count). The van der Waals surface area contributed by atoms with Crippen LogP contribution in [0.4, 0.5) is 5.69 Å². The highest BCUT2D eigenvalue weighted by Crippen LogP contribution is 2.25. The molecular formula is C13H15NO7. The summed E-state index contributed by atoms with van der Waals surface area (Å²) in [6, 6.07) is 3.26. The van der Waals surface area contributed by atoms with E-state index in [9.17, 15) is 29.9 Å². The molecule has 0 heterocycles. The maximum absolute atomic E-state index is 11.2. The number of benzene rings is 1. The van der Waals surface area contributed by atoms with Gasteiger partial charge in [0.05, 0.1) is 24.1 Å². The van der Waals surface area contributed by atoms with Gasteiger partial charge < -0.3 is 14.9 Å². The Hall–Kier alpha value is -2.32. The van der Waals surface area contributed by atoms with Crippen molar-refractivity contribution in [3.63, 3.8) is 0 Å². The maximum atomic E-state index is 11.2. The van der Waals surface area contributed by atoms with Crippen LogP contribution in [-0.4, -0.2) is 40.1 Å². The Balaban J connectivity index is 2.95. The molecule has 0 fully saturated rings. The molecule has 0 aliphatic heterocycles. The number of nitro benzene ring substituents is 1. The summed E-state index contributed by atoms with van der Waals surface area (Å²) < 4.78 is 4.64. The predicted octanol–water partition coefficient (Wildman–Crippen LogP) is 0.755. The highest BCUT2D eigenvalue weighted by atomic mass is 16.6. The molecule has 0 saturated carbocycles. The summed E-state index contributed by atoms with van der Waals surface area (Å²) in [5, 5.41) is 30.3. The molecule has 0 aliphatic carbocycles. The van der Waals surface area contributed by atoms with Crippen molar-refractivity contribution in [1.82, 2.24) is 0 Å². The third-order valence-electron chi connectivity index (χ3n) is 2.77. The van der Waals surface area contributed by atoms with E-state index in [4.69, 9.17) is 0 Å². The second-order valence-corrected chi connectivity index (χ2v) is 4.21. The van der Waals surface area contributed by atoms with Crippen molar-refractivity contribution in [2.75, 3.05) is 6.61 Å². The van der Waals surface area contributed by atoms with Crippen LogP contribution in [0.3, 0.4) is 0 Å². The summed E-state index contributed by atoms with van der Waals surface area (Å²) in [7, 11) is 0. The van der Waals surface area contributed by atoms with Crippen molar-refractivity contribution in [2.24, 2.45) is 0 Å². The van der Waals surface area contributed by atoms with Crippen LogP contribution < -0.4 is 0 Å². The number of hydrogen-bond acceptors (Lipinski definition) is 7. The minimum absolute atomic E-state index is 0.00685. The first-order chi connectivity index (χ1) is 9.90. The Morgan fingerprint density at radius 3 is 2.67 bits per heavy atom. The lowest BCUT2D eigenvalue weighted by Crippen LogP contribution is -2.24. The predicted molar refractivity (Wildman–Crippen MR) is 70.7 cm³/mol. The van der Waals surface area contributed by atoms with E-state index in [1.165, 1.54) is 6.07 Å². The largest absolute Gasteiger partial charge is 0.466 e. The first kappa shape index (κ1) is 16.7. The summed E-state index contributed by atoms with van der Waals surface area (Å²) >= 11 is 0. The third-order valence-corrected chi connectivity index (χ3v) is 2.77. The summed E-state index contributed by atoms with van der Waals surface area (Å²) in [6.07, 6.45) is -3.13. The number of aliphatic hydroxyl groups excluding tert-OH is 2. The van der Waals surface area contributed by atoms with Crippen LogP contribution in [0.15, 0.2) is 18.2 Å². The van der Waals surface area contributed by atoms with Gasteiger partial charge in [-0.05, 0) is 18.6 Å². The van der Waals surface area contributed by atoms with Crippen LogP contribution in [0.2, 0.25) is 0 Å². The SMILES string of the molecule is CCOC(=O)CC(O)C(O)c1ccc([N+](=O)[O-])cc1C=O. The molecule has 0 aliphatic rings. The topological polar surface area (TPSA) is 127 Å². The zero-order valence-corrected chi connectivity index (χ0v) is 11.3. The molecule has 8 heteroatoms. The number of aliphatic hydroxyl groups is 2. The first-order valence-corrected chi connectivity index (χ1v) is 6.16. The summed E-state index contributed by atoms with van der Waals surface area (Å²) in [5.41, 5.74) is -0.431. The average Bonchev–Trinajstić information content (AvgIpc) is 2.45.